The molecule has 3 aromatic carbocycles. The quantitative estimate of drug-likeness (QED) is 0.441. The van der Waals surface area contributed by atoms with E-state index in [-0.39, 0.29) is 11.5 Å². The van der Waals surface area contributed by atoms with Crippen LogP contribution in [-0.4, -0.2) is 24.9 Å². The molecule has 0 radical (unpaired) electrons. The number of fused-ring (bicyclic) bond motifs is 5. The Morgan fingerprint density at radius 3 is 2.17 bits per heavy atom. The first-order chi connectivity index (χ1) is 16.9. The lowest BCUT2D eigenvalue weighted by Gasteiger charge is -2.36. The Kier molecular flexibility index (Phi) is 4.56. The van der Waals surface area contributed by atoms with Crippen molar-refractivity contribution < 1.29 is 23.9 Å². The Morgan fingerprint density at radius 1 is 0.886 bits per heavy atom. The van der Waals surface area contributed by atoms with Gasteiger partial charge < -0.3 is 25.4 Å². The van der Waals surface area contributed by atoms with Crippen LogP contribution in [0.5, 0.6) is 0 Å². The first-order valence-electron chi connectivity index (χ1n) is 10.8. The molecule has 9 heteroatoms. The molecule has 8 nitrogen and oxygen atoms in total. The molecule has 0 saturated heterocycles. The van der Waals surface area contributed by atoms with Crippen molar-refractivity contribution >= 4 is 50.8 Å². The molecule has 0 unspecified atom stereocenters. The van der Waals surface area contributed by atoms with Crippen LogP contribution in [0.2, 0.25) is 0 Å². The van der Waals surface area contributed by atoms with E-state index < -0.39 is 28.8 Å². The summed E-state index contributed by atoms with van der Waals surface area (Å²) in [4.78, 5) is 41.3. The number of carbonyl (C=O) groups is 3. The Hall–Kier alpha value is -4.11. The average molecular weight is 532 g/mol. The van der Waals surface area contributed by atoms with Gasteiger partial charge in [0.05, 0.1) is 7.11 Å². The summed E-state index contributed by atoms with van der Waals surface area (Å²) in [5, 5.41) is 8.82. The SMILES string of the molecule is COC(=O)C1=C(Nc2ccc(Br)cc2)O[C@@]2(C(=O)Nc3ccccc32)[C@@]12C(=O)Nc1ccccc12. The van der Waals surface area contributed by atoms with E-state index in [0.717, 1.165) is 4.47 Å². The van der Waals surface area contributed by atoms with E-state index in [1.807, 2.05) is 12.1 Å². The summed E-state index contributed by atoms with van der Waals surface area (Å²) in [7, 11) is 1.23. The summed E-state index contributed by atoms with van der Waals surface area (Å²) in [6, 6.07) is 21.1. The zero-order valence-corrected chi connectivity index (χ0v) is 19.9. The summed E-state index contributed by atoms with van der Waals surface area (Å²) < 4.78 is 12.5. The lowest BCUT2D eigenvalue weighted by molar-refractivity contribution is -0.147. The minimum Gasteiger partial charge on any atom is -0.465 e. The minimum atomic E-state index is -1.89. The van der Waals surface area contributed by atoms with E-state index in [9.17, 15) is 14.4 Å². The second-order valence-electron chi connectivity index (χ2n) is 8.36. The van der Waals surface area contributed by atoms with Crippen LogP contribution < -0.4 is 16.0 Å². The van der Waals surface area contributed by atoms with Crippen LogP contribution in [0.15, 0.2) is 88.7 Å². The number of methoxy groups -OCH3 is 1. The van der Waals surface area contributed by atoms with Crippen LogP contribution in [0.25, 0.3) is 0 Å². The minimum absolute atomic E-state index is 0.0297. The Labute approximate surface area is 208 Å². The average Bonchev–Trinajstić information content (AvgIpc) is 3.44. The monoisotopic (exact) mass is 531 g/mol. The van der Waals surface area contributed by atoms with Gasteiger partial charge in [0.25, 0.3) is 5.91 Å². The highest BCUT2D eigenvalue weighted by Gasteiger charge is 2.77. The molecule has 0 saturated carbocycles. The lowest BCUT2D eigenvalue weighted by Crippen LogP contribution is -2.57. The predicted molar refractivity (Wildman–Crippen MR) is 131 cm³/mol. The number of nitrogens with one attached hydrogen (secondary N) is 3. The second-order valence-corrected chi connectivity index (χ2v) is 9.28. The zero-order chi connectivity index (χ0) is 24.4. The standard InChI is InChI=1S/C26H18BrN3O5/c1-34-22(31)20-21(28-15-12-10-14(27)11-13-15)35-26(17-7-3-5-9-19(17)30-24(26)33)25(20)16-6-2-4-8-18(16)29-23(25)32/h2-13,28H,1H3,(H,29,32)(H,30,33)/t25-,26+/m1/s1. The van der Waals surface area contributed by atoms with Crippen LogP contribution in [0.4, 0.5) is 17.1 Å². The maximum Gasteiger partial charge on any atom is 0.340 e. The van der Waals surface area contributed by atoms with Crippen molar-refractivity contribution in [2.24, 2.45) is 0 Å². The van der Waals surface area contributed by atoms with Crippen LogP contribution in [0, 0.1) is 0 Å². The van der Waals surface area contributed by atoms with Gasteiger partial charge in [0.2, 0.25) is 17.4 Å². The van der Waals surface area contributed by atoms with Crippen LogP contribution in [0.1, 0.15) is 11.1 Å². The first-order valence-corrected chi connectivity index (χ1v) is 11.6. The maximum atomic E-state index is 14.0. The van der Waals surface area contributed by atoms with Gasteiger partial charge >= 0.3 is 5.97 Å². The highest BCUT2D eigenvalue weighted by Crippen LogP contribution is 2.64. The number of para-hydroxylation sites is 2. The van der Waals surface area contributed by atoms with Gasteiger partial charge in [-0.1, -0.05) is 52.3 Å². The van der Waals surface area contributed by atoms with Gasteiger partial charge in [-0.05, 0) is 36.4 Å². The van der Waals surface area contributed by atoms with Gasteiger partial charge in [-0.2, -0.15) is 0 Å². The number of rotatable bonds is 3. The van der Waals surface area contributed by atoms with Gasteiger partial charge in [0.1, 0.15) is 5.57 Å². The summed E-state index contributed by atoms with van der Waals surface area (Å²) in [6.45, 7) is 0. The number of ether oxygens (including phenoxy) is 2. The Morgan fingerprint density at radius 2 is 1.49 bits per heavy atom. The van der Waals surface area contributed by atoms with Crippen LogP contribution in [0.3, 0.4) is 0 Å². The number of carbonyl (C=O) groups excluding carboxylic acids is 3. The molecule has 6 rings (SSSR count). The van der Waals surface area contributed by atoms with E-state index in [4.69, 9.17) is 9.47 Å². The molecule has 3 aromatic rings. The number of halogens is 1. The summed E-state index contributed by atoms with van der Waals surface area (Å²) in [5.74, 6) is -1.93. The van der Waals surface area contributed by atoms with Crippen molar-refractivity contribution in [3.8, 4) is 0 Å². The van der Waals surface area contributed by atoms with Gasteiger partial charge in [0, 0.05) is 32.7 Å². The summed E-state index contributed by atoms with van der Waals surface area (Å²) in [5.41, 5.74) is -1.33. The van der Waals surface area contributed by atoms with Crippen molar-refractivity contribution in [2.75, 3.05) is 23.1 Å². The maximum absolute atomic E-state index is 14.0. The molecule has 35 heavy (non-hydrogen) atoms. The number of amides is 2. The lowest BCUT2D eigenvalue weighted by atomic mass is 9.62. The van der Waals surface area contributed by atoms with Crippen molar-refractivity contribution in [3.63, 3.8) is 0 Å². The highest BCUT2D eigenvalue weighted by atomic mass is 79.9. The summed E-state index contributed by atoms with van der Waals surface area (Å²) in [6.07, 6.45) is 0. The fourth-order valence-corrected chi connectivity index (χ4v) is 5.55. The highest BCUT2D eigenvalue weighted by molar-refractivity contribution is 9.10. The van der Waals surface area contributed by atoms with Gasteiger partial charge in [0.15, 0.2) is 5.41 Å². The molecule has 0 bridgehead atoms. The van der Waals surface area contributed by atoms with Gasteiger partial charge in [-0.3, -0.25) is 9.59 Å². The molecule has 0 fully saturated rings. The van der Waals surface area contributed by atoms with E-state index >= 15 is 0 Å². The molecular formula is C26H18BrN3O5. The largest absolute Gasteiger partial charge is 0.465 e. The van der Waals surface area contributed by atoms with Crippen LogP contribution >= 0.6 is 15.9 Å². The van der Waals surface area contributed by atoms with Gasteiger partial charge in [-0.15, -0.1) is 0 Å². The number of anilines is 3. The van der Waals surface area contributed by atoms with Crippen molar-refractivity contribution in [1.82, 2.24) is 0 Å². The Balaban J connectivity index is 1.69. The van der Waals surface area contributed by atoms with E-state index in [2.05, 4.69) is 31.9 Å². The van der Waals surface area contributed by atoms with Crippen molar-refractivity contribution in [1.29, 1.82) is 0 Å². The molecule has 2 spiro atoms. The molecule has 3 N–H and O–H groups in total. The molecular weight excluding hydrogens is 514 g/mol. The second kappa shape index (κ2) is 7.44. The van der Waals surface area contributed by atoms with E-state index in [1.54, 1.807) is 60.7 Å². The number of esters is 1. The number of hydrogen-bond acceptors (Lipinski definition) is 6. The third kappa shape index (κ3) is 2.64. The van der Waals surface area contributed by atoms with E-state index in [0.29, 0.717) is 28.2 Å². The predicted octanol–water partition coefficient (Wildman–Crippen LogP) is 4.01. The molecule has 2 atom stereocenters. The fraction of sp³-hybridized carbons (Fsp3) is 0.115. The van der Waals surface area contributed by atoms with Gasteiger partial charge in [-0.25, -0.2) is 4.79 Å². The van der Waals surface area contributed by atoms with E-state index in [1.165, 1.54) is 7.11 Å². The van der Waals surface area contributed by atoms with Crippen molar-refractivity contribution in [3.05, 3.63) is 99.9 Å². The first kappa shape index (κ1) is 21.4. The molecule has 0 aliphatic carbocycles. The molecule has 3 heterocycles. The smallest absolute Gasteiger partial charge is 0.340 e. The molecule has 174 valence electrons. The molecule has 3 aliphatic rings. The van der Waals surface area contributed by atoms with Crippen LogP contribution in [-0.2, 0) is 34.9 Å². The normalized spacial score (nSPS) is 23.6. The van der Waals surface area contributed by atoms with Crippen molar-refractivity contribution in [2.45, 2.75) is 11.0 Å². The topological polar surface area (TPSA) is 106 Å². The molecule has 2 amide bonds. The third-order valence-corrected chi connectivity index (χ3v) is 7.20. The number of benzene rings is 3. The molecule has 0 aromatic heterocycles. The Bertz CT molecular complexity index is 1470. The summed E-state index contributed by atoms with van der Waals surface area (Å²) >= 11 is 3.40. The number of hydrogen-bond donors (Lipinski definition) is 3. The fourth-order valence-electron chi connectivity index (χ4n) is 5.29. The molecule has 3 aliphatic heterocycles. The zero-order valence-electron chi connectivity index (χ0n) is 18.3. The third-order valence-electron chi connectivity index (χ3n) is 6.67.